The van der Waals surface area contributed by atoms with E-state index in [1.807, 2.05) is 6.07 Å². The van der Waals surface area contributed by atoms with Crippen molar-refractivity contribution < 1.29 is 24.2 Å². The molecule has 0 unspecified atom stereocenters. The number of fused-ring (bicyclic) bond motifs is 2. The molecule has 0 saturated carbocycles. The molecule has 4 rings (SSSR count). The van der Waals surface area contributed by atoms with Crippen LogP contribution >= 0.6 is 0 Å². The van der Waals surface area contributed by atoms with E-state index in [1.165, 1.54) is 17.0 Å². The van der Waals surface area contributed by atoms with Crippen LogP contribution in [-0.2, 0) is 11.3 Å². The van der Waals surface area contributed by atoms with Crippen LogP contribution in [0.3, 0.4) is 0 Å². The highest BCUT2D eigenvalue weighted by atomic mass is 16.6. The number of amides is 1. The van der Waals surface area contributed by atoms with Gasteiger partial charge in [0.2, 0.25) is 5.91 Å². The second-order valence-electron chi connectivity index (χ2n) is 6.93. The third-order valence-electron chi connectivity index (χ3n) is 4.93. The van der Waals surface area contributed by atoms with E-state index in [-0.39, 0.29) is 23.7 Å². The summed E-state index contributed by atoms with van der Waals surface area (Å²) in [5, 5.41) is 24.7. The summed E-state index contributed by atoms with van der Waals surface area (Å²) in [5.74, 6) is -1.11. The number of anilines is 1. The van der Waals surface area contributed by atoms with Gasteiger partial charge in [0.1, 0.15) is 25.5 Å². The van der Waals surface area contributed by atoms with E-state index in [4.69, 9.17) is 14.7 Å². The van der Waals surface area contributed by atoms with Crippen LogP contribution in [0.4, 0.5) is 5.69 Å². The Morgan fingerprint density at radius 1 is 1.12 bits per heavy atom. The second kappa shape index (κ2) is 8.77. The van der Waals surface area contributed by atoms with Crippen molar-refractivity contribution in [1.82, 2.24) is 9.78 Å². The first-order chi connectivity index (χ1) is 15.5. The maximum absolute atomic E-state index is 13.1. The first-order valence-electron chi connectivity index (χ1n) is 9.78. The summed E-state index contributed by atoms with van der Waals surface area (Å²) in [4.78, 5) is 38.8. The van der Waals surface area contributed by atoms with E-state index in [0.717, 1.165) is 4.68 Å². The maximum Gasteiger partial charge on any atom is 0.275 e. The summed E-state index contributed by atoms with van der Waals surface area (Å²) in [6, 6.07) is 13.0. The maximum atomic E-state index is 13.1. The highest BCUT2D eigenvalue weighted by Crippen LogP contribution is 2.34. The standard InChI is InChI=1S/C22H18N4O6/c23-8-3-9-25(14-6-7-17-18(12-14)32-11-10-31-17)19(27)13-26-21(28)16-5-2-1-4-15(16)20(24-26)22(29)30/h1-2,4-7,12H,3,9-11,13H2,(H,29,30)/p-1. The average Bonchev–Trinajstić information content (AvgIpc) is 2.81. The normalized spacial score (nSPS) is 12.2. The number of nitrogens with zero attached hydrogens (tertiary/aromatic N) is 4. The van der Waals surface area contributed by atoms with Crippen LogP contribution in [0.5, 0.6) is 11.5 Å². The van der Waals surface area contributed by atoms with Crippen LogP contribution in [0.1, 0.15) is 16.9 Å². The zero-order chi connectivity index (χ0) is 22.7. The monoisotopic (exact) mass is 433 g/mol. The number of nitriles is 1. The molecule has 1 aromatic heterocycles. The minimum absolute atomic E-state index is 0.0462. The Hall–Kier alpha value is -4.39. The van der Waals surface area contributed by atoms with Crippen LogP contribution in [0.25, 0.3) is 10.8 Å². The molecule has 0 fully saturated rings. The van der Waals surface area contributed by atoms with Crippen LogP contribution < -0.4 is 25.0 Å². The molecule has 10 nitrogen and oxygen atoms in total. The van der Waals surface area contributed by atoms with Gasteiger partial charge in [0, 0.05) is 23.7 Å². The summed E-state index contributed by atoms with van der Waals surface area (Å²) in [6.45, 7) is 0.320. The molecule has 0 spiro atoms. The lowest BCUT2D eigenvalue weighted by Crippen LogP contribution is -2.39. The molecular formula is C22H17N4O6-. The first-order valence-corrected chi connectivity index (χ1v) is 9.78. The van der Waals surface area contributed by atoms with Crippen molar-refractivity contribution in [2.75, 3.05) is 24.7 Å². The molecule has 3 aromatic rings. The molecule has 1 aliphatic rings. The zero-order valence-electron chi connectivity index (χ0n) is 16.8. The number of carbonyl (C=O) groups is 2. The van der Waals surface area contributed by atoms with Crippen molar-refractivity contribution >= 4 is 28.3 Å². The molecule has 32 heavy (non-hydrogen) atoms. The second-order valence-corrected chi connectivity index (χ2v) is 6.93. The van der Waals surface area contributed by atoms with Crippen molar-refractivity contribution in [3.05, 3.63) is 58.5 Å². The topological polar surface area (TPSA) is 138 Å². The highest BCUT2D eigenvalue weighted by Gasteiger charge is 2.21. The lowest BCUT2D eigenvalue weighted by Gasteiger charge is -2.25. The van der Waals surface area contributed by atoms with E-state index in [9.17, 15) is 19.5 Å². The number of carbonyl (C=O) groups excluding carboxylic acids is 2. The van der Waals surface area contributed by atoms with Gasteiger partial charge in [0.05, 0.1) is 23.8 Å². The number of carboxylic acids is 1. The van der Waals surface area contributed by atoms with Crippen molar-refractivity contribution in [2.45, 2.75) is 13.0 Å². The number of hydrogen-bond acceptors (Lipinski definition) is 8. The molecule has 0 radical (unpaired) electrons. The number of carboxylic acid groups (broad SMARTS) is 1. The third-order valence-corrected chi connectivity index (χ3v) is 4.93. The summed E-state index contributed by atoms with van der Waals surface area (Å²) in [5.41, 5.74) is -0.597. The Morgan fingerprint density at radius 2 is 1.84 bits per heavy atom. The van der Waals surface area contributed by atoms with Gasteiger partial charge in [-0.2, -0.15) is 10.4 Å². The van der Waals surface area contributed by atoms with Crippen molar-refractivity contribution in [2.24, 2.45) is 0 Å². The highest BCUT2D eigenvalue weighted by molar-refractivity contribution is 6.00. The SMILES string of the molecule is N#CCCN(C(=O)Cn1nc(C(=O)[O-])c2ccccc2c1=O)c1ccc2c(c1)OCCO2. The van der Waals surface area contributed by atoms with Gasteiger partial charge in [-0.15, -0.1) is 0 Å². The smallest absolute Gasteiger partial charge is 0.275 e. The molecule has 0 atom stereocenters. The van der Waals surface area contributed by atoms with E-state index in [1.54, 1.807) is 30.3 Å². The molecule has 1 amide bonds. The van der Waals surface area contributed by atoms with Gasteiger partial charge in [-0.25, -0.2) is 4.68 Å². The van der Waals surface area contributed by atoms with Crippen LogP contribution in [0, 0.1) is 11.3 Å². The molecule has 0 bridgehead atoms. The number of benzene rings is 2. The van der Waals surface area contributed by atoms with Gasteiger partial charge in [-0.1, -0.05) is 18.2 Å². The summed E-state index contributed by atoms with van der Waals surface area (Å²) in [7, 11) is 0. The van der Waals surface area contributed by atoms with E-state index in [2.05, 4.69) is 5.10 Å². The number of aromatic nitrogens is 2. The summed E-state index contributed by atoms with van der Waals surface area (Å²) in [6.07, 6.45) is 0.0462. The van der Waals surface area contributed by atoms with Gasteiger partial charge < -0.3 is 24.3 Å². The van der Waals surface area contributed by atoms with Gasteiger partial charge in [0.25, 0.3) is 5.56 Å². The largest absolute Gasteiger partial charge is 0.543 e. The Balaban J connectivity index is 1.71. The number of ether oxygens (including phenoxy) is 2. The lowest BCUT2D eigenvalue weighted by atomic mass is 10.1. The Bertz CT molecular complexity index is 1310. The predicted octanol–water partition coefficient (Wildman–Crippen LogP) is 0.478. The van der Waals surface area contributed by atoms with Crippen LogP contribution in [0.15, 0.2) is 47.3 Å². The lowest BCUT2D eigenvalue weighted by molar-refractivity contribution is -0.255. The van der Waals surface area contributed by atoms with Gasteiger partial charge in [-0.3, -0.25) is 9.59 Å². The quantitative estimate of drug-likeness (QED) is 0.547. The summed E-state index contributed by atoms with van der Waals surface area (Å²) >= 11 is 0. The molecule has 1 aliphatic heterocycles. The summed E-state index contributed by atoms with van der Waals surface area (Å²) < 4.78 is 11.8. The third kappa shape index (κ3) is 3.96. The number of aromatic carboxylic acids is 1. The molecule has 2 aromatic carbocycles. The minimum atomic E-state index is -1.56. The molecule has 0 saturated heterocycles. The van der Waals surface area contributed by atoms with Crippen molar-refractivity contribution in [3.63, 3.8) is 0 Å². The Kier molecular flexibility index (Phi) is 5.72. The Morgan fingerprint density at radius 3 is 2.56 bits per heavy atom. The molecule has 162 valence electrons. The fourth-order valence-electron chi connectivity index (χ4n) is 3.47. The number of hydrogen-bond donors (Lipinski definition) is 0. The fraction of sp³-hybridized carbons (Fsp3) is 0.227. The minimum Gasteiger partial charge on any atom is -0.543 e. The zero-order valence-corrected chi connectivity index (χ0v) is 16.8. The van der Waals surface area contributed by atoms with Crippen molar-refractivity contribution in [1.29, 1.82) is 5.26 Å². The average molecular weight is 433 g/mol. The predicted molar refractivity (Wildman–Crippen MR) is 110 cm³/mol. The van der Waals surface area contributed by atoms with Gasteiger partial charge >= 0.3 is 0 Å². The van der Waals surface area contributed by atoms with E-state index < -0.39 is 29.7 Å². The molecule has 0 aliphatic carbocycles. The molecule has 0 N–H and O–H groups in total. The van der Waals surface area contributed by atoms with E-state index >= 15 is 0 Å². The number of rotatable bonds is 6. The van der Waals surface area contributed by atoms with Crippen LogP contribution in [0.2, 0.25) is 0 Å². The molecule has 2 heterocycles. The van der Waals surface area contributed by atoms with Crippen LogP contribution in [-0.4, -0.2) is 41.4 Å². The van der Waals surface area contributed by atoms with Crippen molar-refractivity contribution in [3.8, 4) is 17.6 Å². The van der Waals surface area contributed by atoms with Gasteiger partial charge in [-0.05, 0) is 18.2 Å². The fourth-order valence-corrected chi connectivity index (χ4v) is 3.47. The molecule has 10 heteroatoms. The Labute approximate surface area is 181 Å². The first kappa shape index (κ1) is 20.9. The van der Waals surface area contributed by atoms with E-state index in [0.29, 0.717) is 30.4 Å². The molecular weight excluding hydrogens is 416 g/mol. The van der Waals surface area contributed by atoms with Gasteiger partial charge in [0.15, 0.2) is 11.5 Å².